The van der Waals surface area contributed by atoms with Crippen LogP contribution in [0.4, 0.5) is 16.5 Å². The predicted octanol–water partition coefficient (Wildman–Crippen LogP) is 5.45. The third-order valence-corrected chi connectivity index (χ3v) is 6.03. The molecule has 4 rings (SSSR count). The number of aryl methyl sites for hydroxylation is 1. The summed E-state index contributed by atoms with van der Waals surface area (Å²) in [5.41, 5.74) is 1.60. The van der Waals surface area contributed by atoms with Crippen molar-refractivity contribution < 1.29 is 14.4 Å². The SMILES string of the molecule is Cc1csc(NC(=O)c2cccc(NC3=C(Cl)C(=O)N(c4cc(Cl)cc(Cl)c4)C3=O)c2)n1. The zero-order valence-corrected chi connectivity index (χ0v) is 19.4. The number of hydrogen-bond donors (Lipinski definition) is 2. The van der Waals surface area contributed by atoms with Gasteiger partial charge in [-0.15, -0.1) is 11.3 Å². The molecule has 0 unspecified atom stereocenters. The summed E-state index contributed by atoms with van der Waals surface area (Å²) in [4.78, 5) is 43.2. The highest BCUT2D eigenvalue weighted by molar-refractivity contribution is 7.13. The Morgan fingerprint density at radius 2 is 1.75 bits per heavy atom. The molecule has 0 saturated carbocycles. The molecule has 0 fully saturated rings. The fraction of sp³-hybridized carbons (Fsp3) is 0.0476. The lowest BCUT2D eigenvalue weighted by Gasteiger charge is -2.16. The van der Waals surface area contributed by atoms with Crippen molar-refractivity contribution >= 4 is 80.4 Å². The van der Waals surface area contributed by atoms with Crippen LogP contribution in [0, 0.1) is 6.92 Å². The van der Waals surface area contributed by atoms with Crippen LogP contribution in [0.5, 0.6) is 0 Å². The first kappa shape index (κ1) is 22.3. The van der Waals surface area contributed by atoms with Crippen molar-refractivity contribution in [3.05, 3.63) is 79.9 Å². The van der Waals surface area contributed by atoms with Gasteiger partial charge in [-0.05, 0) is 43.3 Å². The van der Waals surface area contributed by atoms with Gasteiger partial charge in [0.05, 0.1) is 11.4 Å². The molecule has 0 saturated heterocycles. The number of nitrogens with one attached hydrogen (secondary N) is 2. The van der Waals surface area contributed by atoms with Gasteiger partial charge in [0.2, 0.25) is 0 Å². The Morgan fingerprint density at radius 3 is 2.41 bits per heavy atom. The van der Waals surface area contributed by atoms with Gasteiger partial charge in [-0.25, -0.2) is 9.88 Å². The van der Waals surface area contributed by atoms with E-state index in [1.54, 1.807) is 18.2 Å². The van der Waals surface area contributed by atoms with E-state index in [0.717, 1.165) is 10.6 Å². The first-order valence-electron chi connectivity index (χ1n) is 9.08. The van der Waals surface area contributed by atoms with Gasteiger partial charge >= 0.3 is 0 Å². The van der Waals surface area contributed by atoms with Crippen molar-refractivity contribution in [2.75, 3.05) is 15.5 Å². The molecule has 0 spiro atoms. The minimum atomic E-state index is -0.717. The third kappa shape index (κ3) is 4.49. The predicted molar refractivity (Wildman–Crippen MR) is 127 cm³/mol. The number of amides is 3. The summed E-state index contributed by atoms with van der Waals surface area (Å²) in [5.74, 6) is -1.76. The number of rotatable bonds is 5. The molecule has 32 heavy (non-hydrogen) atoms. The maximum absolute atomic E-state index is 12.9. The first-order chi connectivity index (χ1) is 15.2. The maximum Gasteiger partial charge on any atom is 0.283 e. The van der Waals surface area contributed by atoms with Gasteiger partial charge < -0.3 is 5.32 Å². The van der Waals surface area contributed by atoms with Crippen LogP contribution in [-0.4, -0.2) is 22.7 Å². The number of imide groups is 1. The number of aromatic nitrogens is 1. The van der Waals surface area contributed by atoms with Crippen molar-refractivity contribution in [1.29, 1.82) is 0 Å². The number of anilines is 3. The van der Waals surface area contributed by atoms with Crippen molar-refractivity contribution in [1.82, 2.24) is 4.98 Å². The quantitative estimate of drug-likeness (QED) is 0.448. The second-order valence-electron chi connectivity index (χ2n) is 6.72. The van der Waals surface area contributed by atoms with Gasteiger partial charge in [-0.1, -0.05) is 40.9 Å². The molecule has 0 aliphatic carbocycles. The molecule has 3 amide bonds. The third-order valence-electron chi connectivity index (χ3n) is 4.37. The summed E-state index contributed by atoms with van der Waals surface area (Å²) in [6, 6.07) is 10.8. The lowest BCUT2D eigenvalue weighted by molar-refractivity contribution is -0.120. The summed E-state index contributed by atoms with van der Waals surface area (Å²) in [6.45, 7) is 1.83. The second-order valence-corrected chi connectivity index (χ2v) is 8.83. The van der Waals surface area contributed by atoms with E-state index >= 15 is 0 Å². The molecule has 0 bridgehead atoms. The molecule has 162 valence electrons. The highest BCUT2D eigenvalue weighted by Crippen LogP contribution is 2.33. The summed E-state index contributed by atoms with van der Waals surface area (Å²) in [6.07, 6.45) is 0. The van der Waals surface area contributed by atoms with E-state index in [0.29, 0.717) is 16.4 Å². The fourth-order valence-corrected chi connectivity index (χ4v) is 4.39. The van der Waals surface area contributed by atoms with E-state index in [2.05, 4.69) is 15.6 Å². The van der Waals surface area contributed by atoms with Crippen molar-refractivity contribution in [2.45, 2.75) is 6.92 Å². The van der Waals surface area contributed by atoms with Crippen LogP contribution in [0.2, 0.25) is 10.0 Å². The van der Waals surface area contributed by atoms with Crippen LogP contribution >= 0.6 is 46.1 Å². The fourth-order valence-electron chi connectivity index (χ4n) is 2.98. The Hall–Kier alpha value is -2.91. The Bertz CT molecular complexity index is 1280. The maximum atomic E-state index is 12.9. The Labute approximate surface area is 201 Å². The molecule has 3 aromatic rings. The topological polar surface area (TPSA) is 91.4 Å². The lowest BCUT2D eigenvalue weighted by atomic mass is 10.2. The number of nitrogens with zero attached hydrogens (tertiary/aromatic N) is 2. The van der Waals surface area contributed by atoms with Crippen LogP contribution in [0.25, 0.3) is 0 Å². The molecule has 7 nitrogen and oxygen atoms in total. The van der Waals surface area contributed by atoms with Gasteiger partial charge in [-0.2, -0.15) is 0 Å². The van der Waals surface area contributed by atoms with E-state index in [9.17, 15) is 14.4 Å². The van der Waals surface area contributed by atoms with E-state index in [1.807, 2.05) is 12.3 Å². The van der Waals surface area contributed by atoms with E-state index in [-0.39, 0.29) is 32.4 Å². The van der Waals surface area contributed by atoms with Gasteiger partial charge in [-0.3, -0.25) is 19.7 Å². The number of benzene rings is 2. The zero-order valence-electron chi connectivity index (χ0n) is 16.3. The van der Waals surface area contributed by atoms with Crippen LogP contribution in [0.15, 0.2) is 58.6 Å². The van der Waals surface area contributed by atoms with Gasteiger partial charge in [0, 0.05) is 26.7 Å². The Morgan fingerprint density at radius 1 is 1.03 bits per heavy atom. The van der Waals surface area contributed by atoms with Gasteiger partial charge in [0.25, 0.3) is 17.7 Å². The monoisotopic (exact) mass is 506 g/mol. The molecule has 11 heteroatoms. The van der Waals surface area contributed by atoms with Crippen LogP contribution in [0.3, 0.4) is 0 Å². The molecule has 2 aromatic carbocycles. The summed E-state index contributed by atoms with van der Waals surface area (Å²) >= 11 is 19.5. The van der Waals surface area contributed by atoms with E-state index < -0.39 is 11.8 Å². The van der Waals surface area contributed by atoms with Gasteiger partial charge in [0.1, 0.15) is 10.7 Å². The van der Waals surface area contributed by atoms with Gasteiger partial charge in [0.15, 0.2) is 5.13 Å². The normalized spacial score (nSPS) is 13.7. The highest BCUT2D eigenvalue weighted by Gasteiger charge is 2.39. The molecule has 1 aromatic heterocycles. The Kier molecular flexibility index (Phi) is 6.21. The number of carbonyl (C=O) groups excluding carboxylic acids is 3. The van der Waals surface area contributed by atoms with E-state index in [4.69, 9.17) is 34.8 Å². The molecule has 0 atom stereocenters. The average molecular weight is 508 g/mol. The molecule has 2 N–H and O–H groups in total. The highest BCUT2D eigenvalue weighted by atomic mass is 35.5. The molecule has 0 radical (unpaired) electrons. The molecular formula is C21H13Cl3N4O3S. The molecule has 1 aliphatic rings. The number of halogens is 3. The minimum absolute atomic E-state index is 0.124. The molecular weight excluding hydrogens is 495 g/mol. The van der Waals surface area contributed by atoms with Crippen LogP contribution in [0.1, 0.15) is 16.1 Å². The number of carbonyl (C=O) groups is 3. The average Bonchev–Trinajstić information content (AvgIpc) is 3.23. The minimum Gasteiger partial charge on any atom is -0.350 e. The van der Waals surface area contributed by atoms with Crippen molar-refractivity contribution in [2.24, 2.45) is 0 Å². The summed E-state index contributed by atoms with van der Waals surface area (Å²) in [7, 11) is 0. The van der Waals surface area contributed by atoms with E-state index in [1.165, 1.54) is 35.6 Å². The lowest BCUT2D eigenvalue weighted by Crippen LogP contribution is -2.32. The summed E-state index contributed by atoms with van der Waals surface area (Å²) in [5, 5.41) is 8.09. The number of thiazole rings is 1. The number of hydrogen-bond acceptors (Lipinski definition) is 6. The Balaban J connectivity index is 1.56. The second kappa shape index (κ2) is 8.91. The largest absolute Gasteiger partial charge is 0.350 e. The zero-order chi connectivity index (χ0) is 23.0. The first-order valence-corrected chi connectivity index (χ1v) is 11.1. The van der Waals surface area contributed by atoms with Crippen molar-refractivity contribution in [3.8, 4) is 0 Å². The molecule has 2 heterocycles. The summed E-state index contributed by atoms with van der Waals surface area (Å²) < 4.78 is 0. The van der Waals surface area contributed by atoms with Crippen LogP contribution in [-0.2, 0) is 9.59 Å². The smallest absolute Gasteiger partial charge is 0.283 e. The molecule has 1 aliphatic heterocycles. The van der Waals surface area contributed by atoms with Crippen LogP contribution < -0.4 is 15.5 Å². The van der Waals surface area contributed by atoms with Crippen molar-refractivity contribution in [3.63, 3.8) is 0 Å². The standard InChI is InChI=1S/C21H13Cl3N4O3S/c1-10-9-32-21(25-10)27-18(29)11-3-2-4-14(5-11)26-17-16(24)19(30)28(20(17)31)15-7-12(22)6-13(23)8-15/h2-9,26H,1H3,(H,25,27,29).